The summed E-state index contributed by atoms with van der Waals surface area (Å²) in [5.41, 5.74) is 0. The number of carbonyl (C=O) groups is 1. The third kappa shape index (κ3) is 14.7. The van der Waals surface area contributed by atoms with E-state index in [4.69, 9.17) is 5.11 Å². The molecule has 2 nitrogen and oxygen atoms in total. The molecule has 0 atom stereocenters. The van der Waals surface area contributed by atoms with Crippen LogP contribution in [0.1, 0.15) is 53.3 Å². The summed E-state index contributed by atoms with van der Waals surface area (Å²) in [4.78, 5) is 10.1. The van der Waals surface area contributed by atoms with Crippen molar-refractivity contribution in [1.82, 2.24) is 0 Å². The Balaban J connectivity index is -0.000000720. The van der Waals surface area contributed by atoms with E-state index in [-0.39, 0.29) is 31.0 Å². The van der Waals surface area contributed by atoms with Crippen LogP contribution in [-0.2, 0) is 4.79 Å². The van der Waals surface area contributed by atoms with E-state index in [9.17, 15) is 4.79 Å². The summed E-state index contributed by atoms with van der Waals surface area (Å²) in [6.07, 6.45) is 11.4. The summed E-state index contributed by atoms with van der Waals surface area (Å²) >= 11 is 0. The Hall–Kier alpha value is 0.210. The molecule has 0 radical (unpaired) electrons. The molecule has 3 heteroatoms. The number of allylic oxidation sites excluding steroid dienone is 1. The van der Waals surface area contributed by atoms with E-state index >= 15 is 0 Å². The van der Waals surface area contributed by atoms with Gasteiger partial charge >= 0.3 is 35.5 Å². The molecule has 0 aliphatic rings. The van der Waals surface area contributed by atoms with Crippen molar-refractivity contribution in [3.63, 3.8) is 0 Å². The van der Waals surface area contributed by atoms with Gasteiger partial charge in [-0.2, -0.15) is 0 Å². The molecule has 0 aromatic carbocycles. The quantitative estimate of drug-likeness (QED) is 0.358. The Morgan fingerprint density at radius 3 is 2.36 bits per heavy atom. The van der Waals surface area contributed by atoms with Crippen molar-refractivity contribution in [2.24, 2.45) is 0 Å². The van der Waals surface area contributed by atoms with E-state index in [1.165, 1.54) is 38.2 Å². The molecule has 0 saturated heterocycles. The number of carboxylic acid groups (broad SMARTS) is 1. The largest absolute Gasteiger partial charge is 1.00 e. The summed E-state index contributed by atoms with van der Waals surface area (Å²) in [5.74, 6) is -0.842. The summed E-state index contributed by atoms with van der Waals surface area (Å²) in [6.45, 7) is 2.20. The van der Waals surface area contributed by atoms with Gasteiger partial charge in [0.2, 0.25) is 0 Å². The van der Waals surface area contributed by atoms with Crippen molar-refractivity contribution in [3.05, 3.63) is 12.2 Å². The standard InChI is InChI=1S/C11H20O2.Na.H/c1-2-3-4-5-6-7-8-9-10-11(12)13;;/h9-10H,2-8H2,1H3,(H,12,13);;/q;+1;-1. The first-order valence-electron chi connectivity index (χ1n) is 5.17. The van der Waals surface area contributed by atoms with E-state index in [0.717, 1.165) is 12.8 Å². The van der Waals surface area contributed by atoms with E-state index in [1.807, 2.05) is 0 Å². The summed E-state index contributed by atoms with van der Waals surface area (Å²) in [7, 11) is 0. The maximum Gasteiger partial charge on any atom is 1.00 e. The van der Waals surface area contributed by atoms with Gasteiger partial charge in [-0.25, -0.2) is 4.79 Å². The van der Waals surface area contributed by atoms with Crippen molar-refractivity contribution in [2.75, 3.05) is 0 Å². The fourth-order valence-corrected chi connectivity index (χ4v) is 1.23. The molecule has 78 valence electrons. The van der Waals surface area contributed by atoms with Crippen LogP contribution in [0.5, 0.6) is 0 Å². The zero-order valence-electron chi connectivity index (χ0n) is 10.5. The predicted molar refractivity (Wildman–Crippen MR) is 55.9 cm³/mol. The van der Waals surface area contributed by atoms with Gasteiger partial charge in [0.05, 0.1) is 0 Å². The van der Waals surface area contributed by atoms with E-state index < -0.39 is 5.97 Å². The first-order valence-corrected chi connectivity index (χ1v) is 5.17. The summed E-state index contributed by atoms with van der Waals surface area (Å²) in [5, 5.41) is 8.30. The normalized spacial score (nSPS) is 10.1. The van der Waals surface area contributed by atoms with Crippen molar-refractivity contribution >= 4 is 5.97 Å². The van der Waals surface area contributed by atoms with Crippen molar-refractivity contribution in [2.45, 2.75) is 51.9 Å². The second kappa shape index (κ2) is 13.2. The second-order valence-corrected chi connectivity index (χ2v) is 3.30. The molecule has 0 saturated carbocycles. The third-order valence-corrected chi connectivity index (χ3v) is 1.98. The number of hydrogen-bond acceptors (Lipinski definition) is 1. The Kier molecular flexibility index (Phi) is 15.7. The number of rotatable bonds is 8. The van der Waals surface area contributed by atoms with Crippen LogP contribution in [0.15, 0.2) is 12.2 Å². The molecular weight excluding hydrogens is 187 g/mol. The van der Waals surface area contributed by atoms with Crippen LogP contribution in [0.25, 0.3) is 0 Å². The second-order valence-electron chi connectivity index (χ2n) is 3.30. The minimum absolute atomic E-state index is 0. The molecule has 14 heavy (non-hydrogen) atoms. The van der Waals surface area contributed by atoms with E-state index in [2.05, 4.69) is 6.92 Å². The summed E-state index contributed by atoms with van der Waals surface area (Å²) < 4.78 is 0. The van der Waals surface area contributed by atoms with Gasteiger partial charge < -0.3 is 6.53 Å². The van der Waals surface area contributed by atoms with Gasteiger partial charge in [0.15, 0.2) is 0 Å². The molecule has 0 unspecified atom stereocenters. The zero-order valence-corrected chi connectivity index (χ0v) is 11.5. The number of hydrogen-bond donors (Lipinski definition) is 1. The van der Waals surface area contributed by atoms with E-state index in [1.54, 1.807) is 6.08 Å². The molecule has 0 fully saturated rings. The molecule has 1 N–H and O–H groups in total. The fraction of sp³-hybridized carbons (Fsp3) is 0.727. The van der Waals surface area contributed by atoms with Crippen LogP contribution in [0.4, 0.5) is 0 Å². The molecular formula is C11H21NaO2. The fourth-order valence-electron chi connectivity index (χ4n) is 1.23. The first-order chi connectivity index (χ1) is 6.27. The van der Waals surface area contributed by atoms with Crippen LogP contribution in [0.3, 0.4) is 0 Å². The maximum atomic E-state index is 10.1. The van der Waals surface area contributed by atoms with Gasteiger partial charge in [0.1, 0.15) is 0 Å². The SMILES string of the molecule is CCCCCCCCC=CC(=O)O.[H-].[Na+]. The molecule has 0 aromatic heterocycles. The van der Waals surface area contributed by atoms with Crippen LogP contribution in [0, 0.1) is 0 Å². The zero-order chi connectivity index (χ0) is 9.94. The average molecular weight is 208 g/mol. The Labute approximate surface area is 111 Å². The Morgan fingerprint density at radius 2 is 1.79 bits per heavy atom. The molecule has 0 aliphatic heterocycles. The molecule has 0 heterocycles. The van der Waals surface area contributed by atoms with Gasteiger partial charge in [-0.1, -0.05) is 45.1 Å². The molecule has 0 spiro atoms. The van der Waals surface area contributed by atoms with Gasteiger partial charge in [-0.3, -0.25) is 0 Å². The van der Waals surface area contributed by atoms with Gasteiger partial charge in [-0.05, 0) is 12.8 Å². The number of carboxylic acids is 1. The Bertz CT molecular complexity index is 161. The van der Waals surface area contributed by atoms with Crippen molar-refractivity contribution in [3.8, 4) is 0 Å². The Morgan fingerprint density at radius 1 is 1.21 bits per heavy atom. The minimum atomic E-state index is -0.842. The number of aliphatic carboxylic acids is 1. The molecule has 0 aromatic rings. The average Bonchev–Trinajstić information content (AvgIpc) is 2.09. The van der Waals surface area contributed by atoms with Crippen molar-refractivity contribution < 1.29 is 40.9 Å². The predicted octanol–water partition coefficient (Wildman–Crippen LogP) is 0.494. The molecule has 0 amide bonds. The topological polar surface area (TPSA) is 37.3 Å². The minimum Gasteiger partial charge on any atom is -1.00 e. The maximum absolute atomic E-state index is 10.1. The van der Waals surface area contributed by atoms with Crippen LogP contribution in [-0.4, -0.2) is 11.1 Å². The molecule has 0 rings (SSSR count). The van der Waals surface area contributed by atoms with Crippen molar-refractivity contribution in [1.29, 1.82) is 0 Å². The van der Waals surface area contributed by atoms with Gasteiger partial charge in [-0.15, -0.1) is 0 Å². The third-order valence-electron chi connectivity index (χ3n) is 1.98. The van der Waals surface area contributed by atoms with Crippen LogP contribution >= 0.6 is 0 Å². The molecule has 0 aliphatic carbocycles. The smallest absolute Gasteiger partial charge is 1.00 e. The van der Waals surface area contributed by atoms with Crippen LogP contribution < -0.4 is 29.6 Å². The summed E-state index contributed by atoms with van der Waals surface area (Å²) in [6, 6.07) is 0. The van der Waals surface area contributed by atoms with Crippen LogP contribution in [0.2, 0.25) is 0 Å². The monoisotopic (exact) mass is 208 g/mol. The van der Waals surface area contributed by atoms with Gasteiger partial charge in [0, 0.05) is 6.08 Å². The number of unbranched alkanes of at least 4 members (excludes halogenated alkanes) is 6. The van der Waals surface area contributed by atoms with E-state index in [0.29, 0.717) is 0 Å². The van der Waals surface area contributed by atoms with Gasteiger partial charge in [0.25, 0.3) is 0 Å². The molecule has 0 bridgehead atoms. The first kappa shape index (κ1) is 16.6.